The predicted molar refractivity (Wildman–Crippen MR) is 125 cm³/mol. The Bertz CT molecular complexity index is 1130. The standard InChI is InChI=1S/C24H26N6O2/c1-28(2)13-14-29(3)16-21(31)30-20-12-8-7-11-19(20)26-24(32)18-15-25-22(27-23(18)30)17-9-5-4-6-10-17/h4-12,15H,13-14,16H2,1-3H3,(H,26,32). The molecule has 32 heavy (non-hydrogen) atoms. The fraction of sp³-hybridized carbons (Fsp3) is 0.250. The molecule has 1 aliphatic rings. The molecule has 0 atom stereocenters. The molecule has 0 spiro atoms. The lowest BCUT2D eigenvalue weighted by Crippen LogP contribution is -2.39. The first-order valence-corrected chi connectivity index (χ1v) is 10.4. The molecule has 0 bridgehead atoms. The zero-order chi connectivity index (χ0) is 22.7. The van der Waals surface area contributed by atoms with Gasteiger partial charge in [-0.2, -0.15) is 0 Å². The molecule has 0 unspecified atom stereocenters. The second-order valence-corrected chi connectivity index (χ2v) is 8.04. The third kappa shape index (κ3) is 4.51. The van der Waals surface area contributed by atoms with Crippen LogP contribution in [0.1, 0.15) is 10.4 Å². The number of carbonyl (C=O) groups excluding carboxylic acids is 2. The maximum atomic E-state index is 13.6. The molecular weight excluding hydrogens is 404 g/mol. The first kappa shape index (κ1) is 21.6. The number of likely N-dealkylation sites (N-methyl/N-ethyl adjacent to an activating group) is 2. The van der Waals surface area contributed by atoms with Gasteiger partial charge in [0.1, 0.15) is 5.56 Å². The molecule has 0 radical (unpaired) electrons. The minimum absolute atomic E-state index is 0.172. The fourth-order valence-electron chi connectivity index (χ4n) is 3.51. The number of rotatable bonds is 6. The van der Waals surface area contributed by atoms with Crippen LogP contribution in [0.5, 0.6) is 0 Å². The topological polar surface area (TPSA) is 81.7 Å². The van der Waals surface area contributed by atoms with Crippen LogP contribution < -0.4 is 10.2 Å². The summed E-state index contributed by atoms with van der Waals surface area (Å²) in [6.45, 7) is 1.75. The van der Waals surface area contributed by atoms with Gasteiger partial charge in [-0.15, -0.1) is 0 Å². The normalized spacial score (nSPS) is 12.9. The van der Waals surface area contributed by atoms with Crippen LogP contribution >= 0.6 is 0 Å². The van der Waals surface area contributed by atoms with Gasteiger partial charge in [-0.1, -0.05) is 42.5 Å². The van der Waals surface area contributed by atoms with E-state index in [1.165, 1.54) is 11.1 Å². The van der Waals surface area contributed by atoms with Crippen molar-refractivity contribution in [1.82, 2.24) is 19.8 Å². The molecular formula is C24H26N6O2. The Morgan fingerprint density at radius 2 is 1.72 bits per heavy atom. The summed E-state index contributed by atoms with van der Waals surface area (Å²) in [7, 11) is 5.90. The quantitative estimate of drug-likeness (QED) is 0.648. The van der Waals surface area contributed by atoms with Crippen LogP contribution in [0.4, 0.5) is 17.2 Å². The second-order valence-electron chi connectivity index (χ2n) is 8.04. The van der Waals surface area contributed by atoms with Gasteiger partial charge in [-0.05, 0) is 33.3 Å². The van der Waals surface area contributed by atoms with E-state index in [0.29, 0.717) is 17.2 Å². The molecule has 8 nitrogen and oxygen atoms in total. The van der Waals surface area contributed by atoms with Gasteiger partial charge in [0.05, 0.1) is 17.9 Å². The van der Waals surface area contributed by atoms with Crippen LogP contribution in [0, 0.1) is 0 Å². The van der Waals surface area contributed by atoms with E-state index in [4.69, 9.17) is 0 Å². The molecule has 0 aliphatic carbocycles. The summed E-state index contributed by atoms with van der Waals surface area (Å²) < 4.78 is 0. The first-order chi connectivity index (χ1) is 15.4. The van der Waals surface area contributed by atoms with Crippen LogP contribution in [0.2, 0.25) is 0 Å². The summed E-state index contributed by atoms with van der Waals surface area (Å²) in [6, 6.07) is 16.8. The highest BCUT2D eigenvalue weighted by Crippen LogP contribution is 2.37. The molecule has 8 heteroatoms. The van der Waals surface area contributed by atoms with E-state index in [2.05, 4.69) is 20.2 Å². The number of nitrogens with one attached hydrogen (secondary N) is 1. The Morgan fingerprint density at radius 1 is 1.00 bits per heavy atom. The average molecular weight is 431 g/mol. The van der Waals surface area contributed by atoms with E-state index >= 15 is 0 Å². The summed E-state index contributed by atoms with van der Waals surface area (Å²) in [6.07, 6.45) is 1.49. The van der Waals surface area contributed by atoms with Crippen LogP contribution in [-0.2, 0) is 4.79 Å². The number of carbonyl (C=O) groups is 2. The molecule has 2 amide bonds. The molecule has 4 rings (SSSR count). The van der Waals surface area contributed by atoms with E-state index in [0.717, 1.165) is 18.7 Å². The van der Waals surface area contributed by atoms with Crippen molar-refractivity contribution in [1.29, 1.82) is 0 Å². The number of amides is 2. The number of para-hydroxylation sites is 2. The Hall–Kier alpha value is -3.62. The molecule has 164 valence electrons. The summed E-state index contributed by atoms with van der Waals surface area (Å²) in [5.41, 5.74) is 2.21. The van der Waals surface area contributed by atoms with Crippen LogP contribution in [0.15, 0.2) is 60.8 Å². The molecule has 3 aromatic rings. The zero-order valence-electron chi connectivity index (χ0n) is 18.4. The largest absolute Gasteiger partial charge is 0.320 e. The summed E-state index contributed by atoms with van der Waals surface area (Å²) in [4.78, 5) is 41.1. The highest BCUT2D eigenvalue weighted by atomic mass is 16.2. The maximum Gasteiger partial charge on any atom is 0.261 e. The minimum Gasteiger partial charge on any atom is -0.320 e. The number of anilines is 3. The Labute approximate surface area is 187 Å². The van der Waals surface area contributed by atoms with Gasteiger partial charge in [0.2, 0.25) is 5.91 Å². The van der Waals surface area contributed by atoms with Gasteiger partial charge in [-0.25, -0.2) is 9.97 Å². The maximum absolute atomic E-state index is 13.6. The van der Waals surface area contributed by atoms with Gasteiger partial charge in [0, 0.05) is 24.8 Å². The highest BCUT2D eigenvalue weighted by Gasteiger charge is 2.31. The van der Waals surface area contributed by atoms with Gasteiger partial charge in [0.25, 0.3) is 5.91 Å². The van der Waals surface area contributed by atoms with Crippen molar-refractivity contribution < 1.29 is 9.59 Å². The summed E-state index contributed by atoms with van der Waals surface area (Å²) >= 11 is 0. The van der Waals surface area contributed by atoms with E-state index < -0.39 is 0 Å². The third-order valence-corrected chi connectivity index (χ3v) is 5.23. The summed E-state index contributed by atoms with van der Waals surface area (Å²) in [5, 5.41) is 2.88. The molecule has 1 N–H and O–H groups in total. The van der Waals surface area contributed by atoms with Gasteiger partial charge in [-0.3, -0.25) is 19.4 Å². The Kier molecular flexibility index (Phi) is 6.25. The first-order valence-electron chi connectivity index (χ1n) is 10.4. The molecule has 2 heterocycles. The van der Waals surface area contributed by atoms with Gasteiger partial charge in [0.15, 0.2) is 11.6 Å². The second kappa shape index (κ2) is 9.25. The van der Waals surface area contributed by atoms with E-state index in [1.54, 1.807) is 6.07 Å². The minimum atomic E-state index is -0.344. The summed E-state index contributed by atoms with van der Waals surface area (Å²) in [5.74, 6) is 0.222. The van der Waals surface area contributed by atoms with Crippen molar-refractivity contribution in [2.45, 2.75) is 0 Å². The average Bonchev–Trinajstić information content (AvgIpc) is 2.91. The monoisotopic (exact) mass is 430 g/mol. The van der Waals surface area contributed by atoms with Crippen molar-refractivity contribution >= 4 is 29.0 Å². The lowest BCUT2D eigenvalue weighted by Gasteiger charge is -2.26. The molecule has 2 aromatic carbocycles. The molecule has 0 fully saturated rings. The SMILES string of the molecule is CN(C)CCN(C)CC(=O)N1c2ccccc2NC(=O)c2cnc(-c3ccccc3)nc21. The lowest BCUT2D eigenvalue weighted by molar-refractivity contribution is -0.118. The van der Waals surface area contributed by atoms with Crippen molar-refractivity contribution in [2.24, 2.45) is 0 Å². The fourth-order valence-corrected chi connectivity index (χ4v) is 3.51. The third-order valence-electron chi connectivity index (χ3n) is 5.23. The molecule has 0 saturated carbocycles. The number of benzene rings is 2. The van der Waals surface area contributed by atoms with Crippen molar-refractivity contribution in [3.05, 3.63) is 66.4 Å². The molecule has 0 saturated heterocycles. The van der Waals surface area contributed by atoms with Crippen molar-refractivity contribution in [3.8, 4) is 11.4 Å². The number of nitrogens with zero attached hydrogens (tertiary/aromatic N) is 5. The van der Waals surface area contributed by atoms with E-state index in [1.807, 2.05) is 74.6 Å². The number of hydrogen-bond donors (Lipinski definition) is 1. The van der Waals surface area contributed by atoms with Gasteiger partial charge < -0.3 is 10.2 Å². The number of hydrogen-bond acceptors (Lipinski definition) is 6. The Morgan fingerprint density at radius 3 is 2.47 bits per heavy atom. The van der Waals surface area contributed by atoms with E-state index in [9.17, 15) is 9.59 Å². The lowest BCUT2D eigenvalue weighted by atomic mass is 10.2. The number of fused-ring (bicyclic) bond motifs is 2. The van der Waals surface area contributed by atoms with Crippen molar-refractivity contribution in [2.75, 3.05) is 51.0 Å². The molecule has 1 aromatic heterocycles. The van der Waals surface area contributed by atoms with Crippen LogP contribution in [-0.4, -0.2) is 72.4 Å². The smallest absolute Gasteiger partial charge is 0.261 e. The highest BCUT2D eigenvalue weighted by molar-refractivity contribution is 6.17. The predicted octanol–water partition coefficient (Wildman–Crippen LogP) is 2.87. The van der Waals surface area contributed by atoms with Crippen LogP contribution in [0.25, 0.3) is 11.4 Å². The number of aromatic nitrogens is 2. The van der Waals surface area contributed by atoms with Gasteiger partial charge >= 0.3 is 0 Å². The van der Waals surface area contributed by atoms with Crippen LogP contribution in [0.3, 0.4) is 0 Å². The van der Waals surface area contributed by atoms with E-state index in [-0.39, 0.29) is 29.7 Å². The zero-order valence-corrected chi connectivity index (χ0v) is 18.4. The van der Waals surface area contributed by atoms with Crippen molar-refractivity contribution in [3.63, 3.8) is 0 Å². The molecule has 1 aliphatic heterocycles. The Balaban J connectivity index is 1.78.